The molecule has 1 aromatic heterocycles. The highest BCUT2D eigenvalue weighted by Crippen LogP contribution is 2.28. The SMILES string of the molecule is C=N/C=C(\C=C(\F)CN1CC2CC(C1)N2)c1cc(CCC(C)C)cnc1C(C#N)=CN. The number of nitrogens with one attached hydrogen (secondary N) is 1. The Hall–Kier alpha value is -2.82. The van der Waals surface area contributed by atoms with Crippen molar-refractivity contribution in [3.63, 3.8) is 0 Å². The van der Waals surface area contributed by atoms with E-state index in [2.05, 4.69) is 46.8 Å². The van der Waals surface area contributed by atoms with Gasteiger partial charge in [-0.2, -0.15) is 5.26 Å². The molecule has 164 valence electrons. The lowest BCUT2D eigenvalue weighted by Crippen LogP contribution is -2.66. The van der Waals surface area contributed by atoms with Crippen molar-refractivity contribution < 1.29 is 4.39 Å². The molecule has 2 bridgehead atoms. The van der Waals surface area contributed by atoms with E-state index in [1.807, 2.05) is 6.07 Å². The maximum atomic E-state index is 15.0. The van der Waals surface area contributed by atoms with E-state index in [0.29, 0.717) is 34.8 Å². The fraction of sp³-hybridized carbons (Fsp3) is 0.458. The second kappa shape index (κ2) is 10.5. The number of pyridine rings is 1. The number of aryl methyl sites for hydroxylation is 1. The van der Waals surface area contributed by atoms with Gasteiger partial charge in [-0.3, -0.25) is 14.9 Å². The number of fused-ring (bicyclic) bond motifs is 2. The number of hydrogen-bond acceptors (Lipinski definition) is 6. The van der Waals surface area contributed by atoms with Crippen LogP contribution in [0.2, 0.25) is 0 Å². The van der Waals surface area contributed by atoms with Crippen molar-refractivity contribution in [2.45, 2.75) is 45.2 Å². The Kier molecular flexibility index (Phi) is 7.72. The van der Waals surface area contributed by atoms with Crippen LogP contribution in [-0.2, 0) is 6.42 Å². The number of piperazine rings is 1. The number of nitrogens with two attached hydrogens (primary N) is 1. The second-order valence-corrected chi connectivity index (χ2v) is 8.71. The molecule has 6 nitrogen and oxygen atoms in total. The zero-order valence-electron chi connectivity index (χ0n) is 18.3. The highest BCUT2D eigenvalue weighted by molar-refractivity contribution is 5.86. The first-order valence-electron chi connectivity index (χ1n) is 10.8. The number of nitrogens with zero attached hydrogens (tertiary/aromatic N) is 4. The molecule has 31 heavy (non-hydrogen) atoms. The first kappa shape index (κ1) is 22.9. The number of hydrogen-bond donors (Lipinski definition) is 2. The molecule has 0 radical (unpaired) electrons. The van der Waals surface area contributed by atoms with E-state index in [4.69, 9.17) is 5.73 Å². The van der Waals surface area contributed by atoms with Crippen LogP contribution in [0, 0.1) is 17.2 Å². The molecule has 3 aliphatic rings. The lowest BCUT2D eigenvalue weighted by Gasteiger charge is -2.48. The van der Waals surface area contributed by atoms with Gasteiger partial charge in [0.2, 0.25) is 0 Å². The van der Waals surface area contributed by atoms with Gasteiger partial charge in [0.05, 0.1) is 17.8 Å². The summed E-state index contributed by atoms with van der Waals surface area (Å²) in [4.78, 5) is 10.5. The average molecular weight is 423 g/mol. The van der Waals surface area contributed by atoms with Gasteiger partial charge in [0.15, 0.2) is 0 Å². The van der Waals surface area contributed by atoms with E-state index in [0.717, 1.165) is 31.5 Å². The summed E-state index contributed by atoms with van der Waals surface area (Å²) < 4.78 is 15.0. The molecular formula is C24H31FN6. The maximum absolute atomic E-state index is 15.0. The molecule has 4 heterocycles. The number of aliphatic imine (C=N–C) groups is 1. The number of allylic oxidation sites excluding steroid dienone is 3. The van der Waals surface area contributed by atoms with Crippen LogP contribution < -0.4 is 11.1 Å². The minimum absolute atomic E-state index is 0.233. The quantitative estimate of drug-likeness (QED) is 0.361. The Labute approximate surface area is 184 Å². The molecule has 3 N–H and O–H groups in total. The molecule has 1 aromatic rings. The standard InChI is InChI=1S/C24H31FN6/c1-16(2)4-5-17-6-23(24(29-11-17)19(9-26)10-27)18(12-28-3)7-20(25)13-31-14-21-8-22(15-31)30-21/h6-7,9,11-12,16,21-22,30H,3-5,8,13-15,26H2,1-2H3/b18-12+,19-9?,20-7+. The van der Waals surface area contributed by atoms with Crippen LogP contribution >= 0.6 is 0 Å². The van der Waals surface area contributed by atoms with E-state index < -0.39 is 0 Å². The summed E-state index contributed by atoms with van der Waals surface area (Å²) in [5, 5.41) is 12.9. The zero-order chi connectivity index (χ0) is 22.4. The summed E-state index contributed by atoms with van der Waals surface area (Å²) in [6, 6.07) is 4.97. The minimum atomic E-state index is -0.259. The van der Waals surface area contributed by atoms with Gasteiger partial charge in [0.25, 0.3) is 0 Å². The number of piperidine rings is 1. The van der Waals surface area contributed by atoms with E-state index in [1.165, 1.54) is 24.9 Å². The van der Waals surface area contributed by atoms with Gasteiger partial charge in [0.1, 0.15) is 11.9 Å². The van der Waals surface area contributed by atoms with Crippen molar-refractivity contribution in [2.24, 2.45) is 16.6 Å². The van der Waals surface area contributed by atoms with Crippen LogP contribution in [0.3, 0.4) is 0 Å². The van der Waals surface area contributed by atoms with Crippen molar-refractivity contribution in [3.8, 4) is 6.07 Å². The molecule has 3 aliphatic heterocycles. The Morgan fingerprint density at radius 3 is 2.77 bits per heavy atom. The monoisotopic (exact) mass is 422 g/mol. The third-order valence-electron chi connectivity index (χ3n) is 5.72. The first-order chi connectivity index (χ1) is 14.9. The number of rotatable bonds is 9. The molecule has 3 saturated heterocycles. The average Bonchev–Trinajstić information content (AvgIpc) is 2.72. The zero-order valence-corrected chi connectivity index (χ0v) is 18.3. The van der Waals surface area contributed by atoms with Gasteiger partial charge in [-0.1, -0.05) is 13.8 Å². The largest absolute Gasteiger partial charge is 0.403 e. The molecule has 3 fully saturated rings. The molecule has 0 spiro atoms. The minimum Gasteiger partial charge on any atom is -0.403 e. The molecule has 0 saturated carbocycles. The second-order valence-electron chi connectivity index (χ2n) is 8.71. The fourth-order valence-electron chi connectivity index (χ4n) is 4.15. The van der Waals surface area contributed by atoms with Gasteiger partial charge in [-0.25, -0.2) is 4.39 Å². The van der Waals surface area contributed by atoms with Gasteiger partial charge in [-0.05, 0) is 49.6 Å². The van der Waals surface area contributed by atoms with Crippen molar-refractivity contribution >= 4 is 17.9 Å². The smallest absolute Gasteiger partial charge is 0.115 e. The molecular weight excluding hydrogens is 391 g/mol. The first-order valence-corrected chi connectivity index (χ1v) is 10.8. The molecule has 7 heteroatoms. The molecule has 0 aliphatic carbocycles. The lowest BCUT2D eigenvalue weighted by molar-refractivity contribution is 0.0813. The summed E-state index contributed by atoms with van der Waals surface area (Å²) in [5.74, 6) is 0.291. The maximum Gasteiger partial charge on any atom is 0.115 e. The van der Waals surface area contributed by atoms with Crippen LogP contribution in [0.15, 0.2) is 41.6 Å². The predicted octanol–water partition coefficient (Wildman–Crippen LogP) is 3.43. The van der Waals surface area contributed by atoms with Gasteiger partial charge < -0.3 is 11.1 Å². The number of aromatic nitrogens is 1. The predicted molar refractivity (Wildman–Crippen MR) is 124 cm³/mol. The van der Waals surface area contributed by atoms with Crippen LogP contribution in [0.5, 0.6) is 0 Å². The highest BCUT2D eigenvalue weighted by atomic mass is 19.1. The Morgan fingerprint density at radius 1 is 1.48 bits per heavy atom. The Morgan fingerprint density at radius 2 is 2.19 bits per heavy atom. The third-order valence-corrected chi connectivity index (χ3v) is 5.72. The van der Waals surface area contributed by atoms with Crippen LogP contribution in [0.4, 0.5) is 4.39 Å². The summed E-state index contributed by atoms with van der Waals surface area (Å²) in [6.07, 6.45) is 8.99. The number of nitriles is 1. The highest BCUT2D eigenvalue weighted by Gasteiger charge is 2.36. The molecule has 0 amide bonds. The van der Waals surface area contributed by atoms with E-state index >= 15 is 4.39 Å². The Bertz CT molecular complexity index is 924. The van der Waals surface area contributed by atoms with Crippen LogP contribution in [-0.4, -0.2) is 48.3 Å². The Balaban J connectivity index is 1.91. The van der Waals surface area contributed by atoms with E-state index in [1.54, 1.807) is 6.20 Å². The molecule has 2 unspecified atom stereocenters. The topological polar surface area (TPSA) is 90.3 Å². The number of halogens is 1. The van der Waals surface area contributed by atoms with Crippen LogP contribution in [0.1, 0.15) is 43.5 Å². The van der Waals surface area contributed by atoms with Crippen LogP contribution in [0.25, 0.3) is 11.1 Å². The summed E-state index contributed by atoms with van der Waals surface area (Å²) in [5.41, 5.74) is 8.48. The molecule has 2 atom stereocenters. The third kappa shape index (κ3) is 5.87. The van der Waals surface area contributed by atoms with E-state index in [9.17, 15) is 5.26 Å². The summed E-state index contributed by atoms with van der Waals surface area (Å²) in [7, 11) is 0. The van der Waals surface area contributed by atoms with Crippen molar-refractivity contribution in [2.75, 3.05) is 19.6 Å². The van der Waals surface area contributed by atoms with Gasteiger partial charge >= 0.3 is 0 Å². The van der Waals surface area contributed by atoms with E-state index in [-0.39, 0.29) is 17.9 Å². The van der Waals surface area contributed by atoms with Gasteiger partial charge in [0, 0.05) is 54.9 Å². The van der Waals surface area contributed by atoms with Crippen molar-refractivity contribution in [3.05, 3.63) is 53.4 Å². The summed E-state index contributed by atoms with van der Waals surface area (Å²) >= 11 is 0. The molecule has 4 rings (SSSR count). The lowest BCUT2D eigenvalue weighted by atomic mass is 9.91. The van der Waals surface area contributed by atoms with Gasteiger partial charge in [-0.15, -0.1) is 0 Å². The summed E-state index contributed by atoms with van der Waals surface area (Å²) in [6.45, 7) is 9.82. The van der Waals surface area contributed by atoms with Crippen molar-refractivity contribution in [1.29, 1.82) is 5.26 Å². The normalized spacial score (nSPS) is 22.2. The molecule has 0 aromatic carbocycles. The van der Waals surface area contributed by atoms with Crippen molar-refractivity contribution in [1.82, 2.24) is 15.2 Å². The fourth-order valence-corrected chi connectivity index (χ4v) is 4.15.